The van der Waals surface area contributed by atoms with Gasteiger partial charge >= 0.3 is 5.97 Å². The van der Waals surface area contributed by atoms with Crippen LogP contribution in [-0.4, -0.2) is 24.3 Å². The number of para-hydroxylation sites is 1. The maximum Gasteiger partial charge on any atom is 0.306 e. The summed E-state index contributed by atoms with van der Waals surface area (Å²) in [6.07, 6.45) is 1.60. The van der Waals surface area contributed by atoms with Gasteiger partial charge < -0.3 is 10.1 Å². The van der Waals surface area contributed by atoms with E-state index in [1.807, 2.05) is 38.1 Å². The summed E-state index contributed by atoms with van der Waals surface area (Å²) in [5.74, 6) is -1.07. The highest BCUT2D eigenvalue weighted by molar-refractivity contribution is 5.98. The molecule has 2 aromatic rings. The Morgan fingerprint density at radius 2 is 1.48 bits per heavy atom. The van der Waals surface area contributed by atoms with Gasteiger partial charge in [-0.25, -0.2) is 0 Å². The van der Waals surface area contributed by atoms with Crippen LogP contribution in [0.5, 0.6) is 0 Å². The first kappa shape index (κ1) is 20.4. The molecule has 0 aliphatic heterocycles. The lowest BCUT2D eigenvalue weighted by molar-refractivity contribution is -0.147. The second-order valence-electron chi connectivity index (χ2n) is 6.16. The van der Waals surface area contributed by atoms with Gasteiger partial charge in [-0.3, -0.25) is 14.4 Å². The normalized spacial score (nSPS) is 10.3. The fourth-order valence-electron chi connectivity index (χ4n) is 2.78. The fraction of sp³-hybridized carbons (Fsp3) is 0.318. The molecule has 1 N–H and O–H groups in total. The standard InChI is InChI=1S/C22H25NO4/c1-3-16-11-8-12-17(4-2)22(16)23-20(25)15-27-21(26)14-13-19(24)18-9-6-5-7-10-18/h5-12H,3-4,13-15H2,1-2H3,(H,23,25). The number of carbonyl (C=O) groups excluding carboxylic acids is 3. The van der Waals surface area contributed by atoms with Crippen molar-refractivity contribution in [2.75, 3.05) is 11.9 Å². The quantitative estimate of drug-likeness (QED) is 0.538. The smallest absolute Gasteiger partial charge is 0.306 e. The Kier molecular flexibility index (Phi) is 7.74. The highest BCUT2D eigenvalue weighted by Gasteiger charge is 2.14. The van der Waals surface area contributed by atoms with E-state index in [1.54, 1.807) is 24.3 Å². The maximum absolute atomic E-state index is 12.2. The molecule has 1 amide bonds. The van der Waals surface area contributed by atoms with Crippen molar-refractivity contribution in [1.82, 2.24) is 0 Å². The Labute approximate surface area is 159 Å². The lowest BCUT2D eigenvalue weighted by Gasteiger charge is -2.14. The summed E-state index contributed by atoms with van der Waals surface area (Å²) >= 11 is 0. The molecule has 5 nitrogen and oxygen atoms in total. The van der Waals surface area contributed by atoms with Crippen LogP contribution in [0, 0.1) is 0 Å². The second kappa shape index (κ2) is 10.3. The molecule has 5 heteroatoms. The molecule has 0 saturated heterocycles. The molecule has 0 unspecified atom stereocenters. The molecule has 0 fully saturated rings. The van der Waals surface area contributed by atoms with Gasteiger partial charge in [0.05, 0.1) is 6.42 Å². The SMILES string of the molecule is CCc1cccc(CC)c1NC(=O)COC(=O)CCC(=O)c1ccccc1. The minimum atomic E-state index is -0.561. The number of ether oxygens (including phenoxy) is 1. The topological polar surface area (TPSA) is 72.5 Å². The third-order valence-electron chi connectivity index (χ3n) is 4.28. The molecule has 0 aromatic heterocycles. The number of hydrogen-bond donors (Lipinski definition) is 1. The minimum Gasteiger partial charge on any atom is -0.456 e. The summed E-state index contributed by atoms with van der Waals surface area (Å²) in [5, 5.41) is 2.84. The zero-order valence-electron chi connectivity index (χ0n) is 15.8. The van der Waals surface area contributed by atoms with Crippen LogP contribution in [0.25, 0.3) is 0 Å². The molecule has 2 rings (SSSR count). The molecule has 0 radical (unpaired) electrons. The number of amides is 1. The third-order valence-corrected chi connectivity index (χ3v) is 4.28. The minimum absolute atomic E-state index is 0.0488. The van der Waals surface area contributed by atoms with E-state index in [1.165, 1.54) is 0 Å². The molecule has 0 heterocycles. The van der Waals surface area contributed by atoms with Gasteiger partial charge in [-0.05, 0) is 24.0 Å². The zero-order chi connectivity index (χ0) is 19.6. The predicted molar refractivity (Wildman–Crippen MR) is 105 cm³/mol. The van der Waals surface area contributed by atoms with Crippen molar-refractivity contribution in [3.8, 4) is 0 Å². The van der Waals surface area contributed by atoms with Crippen LogP contribution in [0.3, 0.4) is 0 Å². The Morgan fingerprint density at radius 1 is 0.852 bits per heavy atom. The van der Waals surface area contributed by atoms with Crippen LogP contribution < -0.4 is 5.32 Å². The largest absolute Gasteiger partial charge is 0.456 e. The van der Waals surface area contributed by atoms with Crippen molar-refractivity contribution < 1.29 is 19.1 Å². The van der Waals surface area contributed by atoms with Gasteiger partial charge in [0, 0.05) is 17.7 Å². The van der Waals surface area contributed by atoms with Gasteiger partial charge in [0.1, 0.15) is 0 Å². The molecular formula is C22H25NO4. The maximum atomic E-state index is 12.2. The number of benzene rings is 2. The molecule has 27 heavy (non-hydrogen) atoms. The molecule has 0 saturated carbocycles. The average Bonchev–Trinajstić information content (AvgIpc) is 2.71. The number of rotatable bonds is 9. The Balaban J connectivity index is 1.82. The monoisotopic (exact) mass is 367 g/mol. The number of Topliss-reactive ketones (excluding diaryl/α,β-unsaturated/α-hetero) is 1. The summed E-state index contributed by atoms with van der Waals surface area (Å²) < 4.78 is 5.01. The molecule has 0 aliphatic carbocycles. The number of hydrogen-bond acceptors (Lipinski definition) is 4. The van der Waals surface area contributed by atoms with Crippen molar-refractivity contribution in [1.29, 1.82) is 0 Å². The first-order valence-corrected chi connectivity index (χ1v) is 9.19. The number of nitrogens with one attached hydrogen (secondary N) is 1. The molecule has 0 aliphatic rings. The van der Waals surface area contributed by atoms with Crippen LogP contribution >= 0.6 is 0 Å². The van der Waals surface area contributed by atoms with E-state index in [4.69, 9.17) is 4.74 Å². The van der Waals surface area contributed by atoms with Gasteiger partial charge in [-0.1, -0.05) is 62.4 Å². The first-order valence-electron chi connectivity index (χ1n) is 9.19. The van der Waals surface area contributed by atoms with Crippen molar-refractivity contribution >= 4 is 23.3 Å². The lowest BCUT2D eigenvalue weighted by atomic mass is 10.0. The van der Waals surface area contributed by atoms with E-state index in [0.29, 0.717) is 5.56 Å². The highest BCUT2D eigenvalue weighted by Crippen LogP contribution is 2.22. The highest BCUT2D eigenvalue weighted by atomic mass is 16.5. The van der Waals surface area contributed by atoms with Crippen LogP contribution in [0.2, 0.25) is 0 Å². The second-order valence-corrected chi connectivity index (χ2v) is 6.16. The van der Waals surface area contributed by atoms with E-state index < -0.39 is 5.97 Å². The van der Waals surface area contributed by atoms with Crippen molar-refractivity contribution in [2.24, 2.45) is 0 Å². The zero-order valence-corrected chi connectivity index (χ0v) is 15.8. The Bertz CT molecular complexity index is 777. The van der Waals surface area contributed by atoms with Crippen molar-refractivity contribution in [3.05, 3.63) is 65.2 Å². The molecule has 0 bridgehead atoms. The van der Waals surface area contributed by atoms with E-state index in [9.17, 15) is 14.4 Å². The van der Waals surface area contributed by atoms with Crippen molar-refractivity contribution in [3.63, 3.8) is 0 Å². The molecule has 0 spiro atoms. The lowest BCUT2D eigenvalue weighted by Crippen LogP contribution is -2.22. The summed E-state index contributed by atoms with van der Waals surface area (Å²) in [6, 6.07) is 14.7. The van der Waals surface area contributed by atoms with Crippen molar-refractivity contribution in [2.45, 2.75) is 39.5 Å². The number of anilines is 1. The van der Waals surface area contributed by atoms with Gasteiger partial charge in [-0.2, -0.15) is 0 Å². The molecule has 142 valence electrons. The molecule has 2 aromatic carbocycles. The van der Waals surface area contributed by atoms with Crippen LogP contribution in [0.4, 0.5) is 5.69 Å². The van der Waals surface area contributed by atoms with Gasteiger partial charge in [0.2, 0.25) is 0 Å². The van der Waals surface area contributed by atoms with E-state index >= 15 is 0 Å². The Morgan fingerprint density at radius 3 is 2.07 bits per heavy atom. The summed E-state index contributed by atoms with van der Waals surface area (Å²) in [7, 11) is 0. The number of aryl methyl sites for hydroxylation is 2. The molecular weight excluding hydrogens is 342 g/mol. The Hall–Kier alpha value is -2.95. The fourth-order valence-corrected chi connectivity index (χ4v) is 2.78. The summed E-state index contributed by atoms with van der Waals surface area (Å²) in [6.45, 7) is 3.68. The van der Waals surface area contributed by atoms with Crippen LogP contribution in [0.15, 0.2) is 48.5 Å². The predicted octanol–water partition coefficient (Wildman–Crippen LogP) is 3.96. The third kappa shape index (κ3) is 6.06. The molecule has 0 atom stereocenters. The van der Waals surface area contributed by atoms with Gasteiger partial charge in [-0.15, -0.1) is 0 Å². The van der Waals surface area contributed by atoms with E-state index in [0.717, 1.165) is 29.7 Å². The number of esters is 1. The number of carbonyl (C=O) groups is 3. The number of ketones is 1. The summed E-state index contributed by atoms with van der Waals surface area (Å²) in [4.78, 5) is 36.0. The van der Waals surface area contributed by atoms with Crippen LogP contribution in [0.1, 0.15) is 48.2 Å². The average molecular weight is 367 g/mol. The summed E-state index contributed by atoms with van der Waals surface area (Å²) in [5.41, 5.74) is 3.44. The van der Waals surface area contributed by atoms with E-state index in [2.05, 4.69) is 5.32 Å². The van der Waals surface area contributed by atoms with E-state index in [-0.39, 0.29) is 31.1 Å². The first-order chi connectivity index (χ1) is 13.0. The van der Waals surface area contributed by atoms with Gasteiger partial charge in [0.15, 0.2) is 12.4 Å². The van der Waals surface area contributed by atoms with Gasteiger partial charge in [0.25, 0.3) is 5.91 Å². The van der Waals surface area contributed by atoms with Crippen LogP contribution in [-0.2, 0) is 27.2 Å².